The molecule has 2 aromatic heterocycles. The Labute approximate surface area is 188 Å². The second kappa shape index (κ2) is 8.76. The lowest BCUT2D eigenvalue weighted by Gasteiger charge is -2.49. The molecule has 0 radical (unpaired) electrons. The van der Waals surface area contributed by atoms with Gasteiger partial charge in [-0.3, -0.25) is 14.5 Å². The Morgan fingerprint density at radius 3 is 2.69 bits per heavy atom. The minimum absolute atomic E-state index is 0.0656. The first kappa shape index (κ1) is 21.5. The van der Waals surface area contributed by atoms with E-state index < -0.39 is 34.9 Å². The van der Waals surface area contributed by atoms with Gasteiger partial charge in [0.25, 0.3) is 11.8 Å². The first-order chi connectivity index (χ1) is 15.4. The zero-order valence-corrected chi connectivity index (χ0v) is 17.7. The summed E-state index contributed by atoms with van der Waals surface area (Å²) in [6, 6.07) is -0.984. The number of nitrogen functional groups attached to an aromatic ring is 1. The lowest BCUT2D eigenvalue weighted by Crippen LogP contribution is -2.71. The van der Waals surface area contributed by atoms with Gasteiger partial charge in [0.15, 0.2) is 10.8 Å². The van der Waals surface area contributed by atoms with Crippen LogP contribution in [0.2, 0.25) is 0 Å². The topological polar surface area (TPSA) is 184 Å². The van der Waals surface area contributed by atoms with Crippen molar-refractivity contribution < 1.29 is 24.7 Å². The van der Waals surface area contributed by atoms with Gasteiger partial charge in [-0.25, -0.2) is 19.7 Å². The smallest absolute Gasteiger partial charge is 0.352 e. The summed E-state index contributed by atoms with van der Waals surface area (Å²) in [5, 5.41) is 25.4. The molecule has 4 rings (SSSR count). The van der Waals surface area contributed by atoms with Gasteiger partial charge in [0.2, 0.25) is 0 Å². The van der Waals surface area contributed by atoms with Crippen LogP contribution in [0, 0.1) is 0 Å². The monoisotopic (exact) mass is 473 g/mol. The molecule has 4 heterocycles. The Morgan fingerprint density at radius 2 is 2.06 bits per heavy atom. The van der Waals surface area contributed by atoms with E-state index in [1.807, 2.05) is 0 Å². The second-order valence-electron chi connectivity index (χ2n) is 6.56. The number of carbonyl (C=O) groups excluding carboxylic acids is 2. The summed E-state index contributed by atoms with van der Waals surface area (Å²) in [7, 11) is 0. The number of fused-ring (bicyclic) bond motifs is 1. The van der Waals surface area contributed by atoms with E-state index in [9.17, 15) is 24.7 Å². The van der Waals surface area contributed by atoms with E-state index in [-0.39, 0.29) is 16.5 Å². The number of nitrogens with zero attached hydrogens (tertiary/aromatic N) is 5. The van der Waals surface area contributed by atoms with E-state index in [1.165, 1.54) is 23.5 Å². The van der Waals surface area contributed by atoms with Gasteiger partial charge in [-0.2, -0.15) is 0 Å². The van der Waals surface area contributed by atoms with Gasteiger partial charge in [-0.15, -0.1) is 23.1 Å². The Balaban J connectivity index is 1.52. The van der Waals surface area contributed by atoms with Crippen molar-refractivity contribution in [2.75, 3.05) is 11.5 Å². The molecule has 0 unspecified atom stereocenters. The van der Waals surface area contributed by atoms with Crippen molar-refractivity contribution >= 4 is 57.8 Å². The maximum absolute atomic E-state index is 12.7. The predicted molar refractivity (Wildman–Crippen MR) is 116 cm³/mol. The van der Waals surface area contributed by atoms with E-state index >= 15 is 0 Å². The maximum Gasteiger partial charge on any atom is 0.352 e. The molecule has 0 aromatic carbocycles. The van der Waals surface area contributed by atoms with Gasteiger partial charge >= 0.3 is 5.97 Å². The number of anilines is 1. The predicted octanol–water partition coefficient (Wildman–Crippen LogP) is 0.146. The van der Waals surface area contributed by atoms with Crippen LogP contribution >= 0.6 is 23.1 Å². The highest BCUT2D eigenvalue weighted by Gasteiger charge is 2.54. The standard InChI is InChI=1S/C18H15N7O5S2/c19-18-22-10(6-32-18)11(24-30)14(26)23-12-15(27)25-13(17(28)29)9(5-31-16(12)25)2-1-8-3-20-7-21-4-8/h1-4,6-7,12,16,30H,5H2,(H2,19,22)(H,23,26)(H,28,29)/b2-1-,24-11-/t12-,16+/m1/s1. The second-order valence-corrected chi connectivity index (χ2v) is 8.56. The highest BCUT2D eigenvalue weighted by Crippen LogP contribution is 2.40. The van der Waals surface area contributed by atoms with E-state index in [4.69, 9.17) is 5.73 Å². The Hall–Kier alpha value is -3.78. The SMILES string of the molecule is Nc1nc(/C(=N/O)C(=O)N[C@@H]2C(=O)N3C(C(=O)O)=C(/C=C\c4cncnc4)CS[C@@H]23)cs1. The van der Waals surface area contributed by atoms with Gasteiger partial charge < -0.3 is 21.4 Å². The molecule has 1 saturated heterocycles. The fourth-order valence-electron chi connectivity index (χ4n) is 3.18. The number of thiazole rings is 1. The van der Waals surface area contributed by atoms with Gasteiger partial charge in [-0.05, 0) is 5.57 Å². The van der Waals surface area contributed by atoms with Crippen molar-refractivity contribution in [3.05, 3.63) is 52.7 Å². The number of hydrogen-bond donors (Lipinski definition) is 4. The first-order valence-electron chi connectivity index (χ1n) is 8.99. The van der Waals surface area contributed by atoms with Crippen molar-refractivity contribution in [3.8, 4) is 0 Å². The zero-order chi connectivity index (χ0) is 22.8. The Bertz CT molecular complexity index is 1180. The number of rotatable bonds is 6. The van der Waals surface area contributed by atoms with Crippen LogP contribution < -0.4 is 11.1 Å². The largest absolute Gasteiger partial charge is 0.477 e. The number of thioether (sulfide) groups is 1. The molecule has 14 heteroatoms. The van der Waals surface area contributed by atoms with E-state index in [0.29, 0.717) is 16.9 Å². The Morgan fingerprint density at radius 1 is 1.31 bits per heavy atom. The molecule has 0 bridgehead atoms. The average Bonchev–Trinajstić information content (AvgIpc) is 3.22. The Kier molecular flexibility index (Phi) is 5.87. The number of oxime groups is 1. The van der Waals surface area contributed by atoms with Crippen LogP contribution in [0.3, 0.4) is 0 Å². The number of carboxylic acid groups (broad SMARTS) is 1. The lowest BCUT2D eigenvalue weighted by atomic mass is 10.0. The summed E-state index contributed by atoms with van der Waals surface area (Å²) in [6.45, 7) is 0. The normalized spacial score (nSPS) is 20.8. The first-order valence-corrected chi connectivity index (χ1v) is 10.9. The third-order valence-corrected chi connectivity index (χ3v) is 6.60. The molecule has 2 aromatic rings. The molecule has 2 aliphatic heterocycles. The summed E-state index contributed by atoms with van der Waals surface area (Å²) in [6.07, 6.45) is 7.78. The number of carboxylic acids is 1. The number of hydrogen-bond acceptors (Lipinski definition) is 11. The average molecular weight is 473 g/mol. The summed E-state index contributed by atoms with van der Waals surface area (Å²) >= 11 is 2.36. The van der Waals surface area contributed by atoms with Crippen LogP contribution in [0.1, 0.15) is 11.3 Å². The number of allylic oxidation sites excluding steroid dienone is 1. The number of nitrogens with two attached hydrogens (primary N) is 1. The molecule has 0 aliphatic carbocycles. The van der Waals surface area contributed by atoms with Crippen LogP contribution in [0.5, 0.6) is 0 Å². The number of β-lactam (4-membered cyclic amide) rings is 1. The number of nitrogens with one attached hydrogen (secondary N) is 1. The molecule has 2 atom stereocenters. The molecule has 2 amide bonds. The van der Waals surface area contributed by atoms with Crippen LogP contribution in [-0.4, -0.2) is 70.8 Å². The number of carbonyl (C=O) groups is 3. The summed E-state index contributed by atoms with van der Waals surface area (Å²) < 4.78 is 0. The zero-order valence-electron chi connectivity index (χ0n) is 16.1. The third-order valence-electron chi connectivity index (χ3n) is 4.62. The highest BCUT2D eigenvalue weighted by molar-refractivity contribution is 8.00. The molecule has 164 valence electrons. The molecule has 2 aliphatic rings. The van der Waals surface area contributed by atoms with Crippen LogP contribution in [0.15, 0.2) is 46.6 Å². The quantitative estimate of drug-likeness (QED) is 0.195. The van der Waals surface area contributed by atoms with Gasteiger partial charge in [0, 0.05) is 29.1 Å². The summed E-state index contributed by atoms with van der Waals surface area (Å²) in [5.41, 5.74) is 6.17. The molecule has 12 nitrogen and oxygen atoms in total. The molecule has 32 heavy (non-hydrogen) atoms. The molecule has 5 N–H and O–H groups in total. The van der Waals surface area contributed by atoms with E-state index in [0.717, 1.165) is 16.2 Å². The fourth-order valence-corrected chi connectivity index (χ4v) is 5.05. The van der Waals surface area contributed by atoms with E-state index in [1.54, 1.807) is 24.5 Å². The van der Waals surface area contributed by atoms with Crippen LogP contribution in [-0.2, 0) is 14.4 Å². The molecular formula is C18H15N7O5S2. The van der Waals surface area contributed by atoms with Gasteiger partial charge in [0.05, 0.1) is 0 Å². The maximum atomic E-state index is 12.7. The van der Waals surface area contributed by atoms with Crippen molar-refractivity contribution in [3.63, 3.8) is 0 Å². The number of amides is 2. The van der Waals surface area contributed by atoms with Crippen LogP contribution in [0.4, 0.5) is 5.13 Å². The summed E-state index contributed by atoms with van der Waals surface area (Å²) in [4.78, 5) is 50.0. The fraction of sp³-hybridized carbons (Fsp3) is 0.167. The molecule has 0 saturated carbocycles. The van der Waals surface area contributed by atoms with Gasteiger partial charge in [0.1, 0.15) is 29.1 Å². The molecule has 1 fully saturated rings. The van der Waals surface area contributed by atoms with E-state index in [2.05, 4.69) is 25.4 Å². The molecular weight excluding hydrogens is 458 g/mol. The lowest BCUT2D eigenvalue weighted by molar-refractivity contribution is -0.150. The van der Waals surface area contributed by atoms with Crippen LogP contribution in [0.25, 0.3) is 6.08 Å². The van der Waals surface area contributed by atoms with Crippen molar-refractivity contribution in [1.29, 1.82) is 0 Å². The minimum atomic E-state index is -1.26. The third kappa shape index (κ3) is 3.92. The van der Waals surface area contributed by atoms with Crippen molar-refractivity contribution in [2.45, 2.75) is 11.4 Å². The number of aromatic nitrogens is 3. The molecule has 0 spiro atoms. The minimum Gasteiger partial charge on any atom is -0.477 e. The highest BCUT2D eigenvalue weighted by atomic mass is 32.2. The summed E-state index contributed by atoms with van der Waals surface area (Å²) in [5.74, 6) is -2.37. The van der Waals surface area contributed by atoms with Gasteiger partial charge in [-0.1, -0.05) is 17.3 Å². The number of aliphatic carboxylic acids is 1. The van der Waals surface area contributed by atoms with Crippen molar-refractivity contribution in [2.24, 2.45) is 5.16 Å². The van der Waals surface area contributed by atoms with Crippen molar-refractivity contribution in [1.82, 2.24) is 25.2 Å².